The average molecular weight is 244 g/mol. The Morgan fingerprint density at radius 2 is 1.00 bits per heavy atom. The number of hydrogen-bond acceptors (Lipinski definition) is 3. The maximum Gasteiger partial charge on any atom is 0.0478 e. The highest BCUT2D eigenvalue weighted by Crippen LogP contribution is 1.94. The van der Waals surface area contributed by atoms with E-state index in [1.54, 1.807) is 0 Å². The minimum absolute atomic E-state index is 0.911. The summed E-state index contributed by atoms with van der Waals surface area (Å²) in [4.78, 5) is 4.89. The van der Waals surface area contributed by atoms with E-state index < -0.39 is 0 Å². The van der Waals surface area contributed by atoms with Gasteiger partial charge in [0.05, 0.1) is 0 Å². The molecule has 0 radical (unpaired) electrons. The second-order valence-electron chi connectivity index (χ2n) is 4.37. The molecule has 0 aliphatic heterocycles. The highest BCUT2D eigenvalue weighted by molar-refractivity contribution is 4.53. The average Bonchev–Trinajstić information content (AvgIpc) is 2.37. The van der Waals surface area contributed by atoms with Crippen molar-refractivity contribution in [3.05, 3.63) is 0 Å². The second kappa shape index (κ2) is 12.3. The molecule has 0 bridgehead atoms. The molecule has 0 saturated carbocycles. The minimum Gasteiger partial charge on any atom is -0.381 e. The Hall–Kier alpha value is -0.120. The number of rotatable bonds is 12. The summed E-state index contributed by atoms with van der Waals surface area (Å²) in [5.41, 5.74) is 0. The first-order chi connectivity index (χ1) is 8.28. The van der Waals surface area contributed by atoms with Crippen LogP contribution < -0.4 is 0 Å². The van der Waals surface area contributed by atoms with E-state index in [-0.39, 0.29) is 0 Å². The van der Waals surface area contributed by atoms with Gasteiger partial charge in [-0.1, -0.05) is 27.7 Å². The van der Waals surface area contributed by atoms with Crippen LogP contribution in [-0.4, -0.2) is 62.3 Å². The summed E-state index contributed by atoms with van der Waals surface area (Å²) in [5.74, 6) is 0. The Labute approximate surface area is 108 Å². The lowest BCUT2D eigenvalue weighted by atomic mass is 10.3. The number of ether oxygens (including phenoxy) is 1. The SMILES string of the molecule is CCN(CC)CCCOCCCN(CC)CC. The van der Waals surface area contributed by atoms with Gasteiger partial charge in [0.15, 0.2) is 0 Å². The Balaban J connectivity index is 3.23. The molecule has 0 saturated heterocycles. The zero-order valence-electron chi connectivity index (χ0n) is 12.4. The molecule has 17 heavy (non-hydrogen) atoms. The van der Waals surface area contributed by atoms with Gasteiger partial charge in [-0.25, -0.2) is 0 Å². The topological polar surface area (TPSA) is 15.7 Å². The standard InChI is InChI=1S/C14H32N2O/c1-5-15(6-2)11-9-13-17-14-10-12-16(7-3)8-4/h5-14H2,1-4H3. The molecule has 0 atom stereocenters. The lowest BCUT2D eigenvalue weighted by Crippen LogP contribution is -2.26. The first-order valence-corrected chi connectivity index (χ1v) is 7.30. The van der Waals surface area contributed by atoms with Gasteiger partial charge in [0.25, 0.3) is 0 Å². The van der Waals surface area contributed by atoms with Crippen molar-refractivity contribution in [2.45, 2.75) is 40.5 Å². The van der Waals surface area contributed by atoms with Crippen LogP contribution in [0.2, 0.25) is 0 Å². The van der Waals surface area contributed by atoms with Crippen molar-refractivity contribution in [3.8, 4) is 0 Å². The molecule has 0 aromatic carbocycles. The highest BCUT2D eigenvalue weighted by Gasteiger charge is 1.99. The maximum atomic E-state index is 5.66. The van der Waals surface area contributed by atoms with E-state index >= 15 is 0 Å². The molecule has 3 heteroatoms. The van der Waals surface area contributed by atoms with Crippen molar-refractivity contribution >= 4 is 0 Å². The molecular weight excluding hydrogens is 212 g/mol. The molecule has 0 aromatic heterocycles. The molecule has 0 spiro atoms. The lowest BCUT2D eigenvalue weighted by Gasteiger charge is -2.18. The molecule has 0 aromatic rings. The van der Waals surface area contributed by atoms with Crippen LogP contribution in [-0.2, 0) is 4.74 Å². The van der Waals surface area contributed by atoms with Crippen LogP contribution in [0.3, 0.4) is 0 Å². The van der Waals surface area contributed by atoms with E-state index in [2.05, 4.69) is 37.5 Å². The first-order valence-electron chi connectivity index (χ1n) is 7.30. The van der Waals surface area contributed by atoms with Gasteiger partial charge in [-0.05, 0) is 39.0 Å². The van der Waals surface area contributed by atoms with E-state index in [0.29, 0.717) is 0 Å². The summed E-state index contributed by atoms with van der Waals surface area (Å²) < 4.78 is 5.66. The second-order valence-corrected chi connectivity index (χ2v) is 4.37. The van der Waals surface area contributed by atoms with Crippen molar-refractivity contribution in [2.24, 2.45) is 0 Å². The molecule has 0 N–H and O–H groups in total. The van der Waals surface area contributed by atoms with Gasteiger partial charge in [-0.15, -0.1) is 0 Å². The van der Waals surface area contributed by atoms with E-state index in [1.807, 2.05) is 0 Å². The molecule has 0 fully saturated rings. The molecule has 0 aliphatic rings. The summed E-state index contributed by atoms with van der Waals surface area (Å²) in [5, 5.41) is 0. The van der Waals surface area contributed by atoms with Crippen molar-refractivity contribution < 1.29 is 4.74 Å². The molecular formula is C14H32N2O. The van der Waals surface area contributed by atoms with Crippen molar-refractivity contribution in [2.75, 3.05) is 52.5 Å². The largest absolute Gasteiger partial charge is 0.381 e. The van der Waals surface area contributed by atoms with Gasteiger partial charge >= 0.3 is 0 Å². The summed E-state index contributed by atoms with van der Waals surface area (Å²) in [6.07, 6.45) is 2.32. The number of nitrogens with zero attached hydrogens (tertiary/aromatic N) is 2. The van der Waals surface area contributed by atoms with Crippen LogP contribution in [0.15, 0.2) is 0 Å². The lowest BCUT2D eigenvalue weighted by molar-refractivity contribution is 0.111. The Morgan fingerprint density at radius 1 is 0.647 bits per heavy atom. The molecule has 0 rings (SSSR count). The van der Waals surface area contributed by atoms with Gasteiger partial charge in [0.2, 0.25) is 0 Å². The molecule has 0 aliphatic carbocycles. The van der Waals surface area contributed by atoms with Gasteiger partial charge in [-0.2, -0.15) is 0 Å². The zero-order valence-corrected chi connectivity index (χ0v) is 12.4. The van der Waals surface area contributed by atoms with Gasteiger partial charge < -0.3 is 14.5 Å². The predicted molar refractivity (Wildman–Crippen MR) is 75.6 cm³/mol. The van der Waals surface area contributed by atoms with E-state index in [4.69, 9.17) is 4.74 Å². The maximum absolute atomic E-state index is 5.66. The first kappa shape index (κ1) is 16.9. The van der Waals surface area contributed by atoms with Crippen molar-refractivity contribution in [1.82, 2.24) is 9.80 Å². The third kappa shape index (κ3) is 9.57. The smallest absolute Gasteiger partial charge is 0.0478 e. The van der Waals surface area contributed by atoms with Gasteiger partial charge in [-0.3, -0.25) is 0 Å². The summed E-state index contributed by atoms with van der Waals surface area (Å²) in [7, 11) is 0. The fourth-order valence-corrected chi connectivity index (χ4v) is 1.96. The summed E-state index contributed by atoms with van der Waals surface area (Å²) in [6, 6.07) is 0. The van der Waals surface area contributed by atoms with Crippen LogP contribution >= 0.6 is 0 Å². The zero-order chi connectivity index (χ0) is 12.9. The normalized spacial score (nSPS) is 11.6. The number of hydrogen-bond donors (Lipinski definition) is 0. The summed E-state index contributed by atoms with van der Waals surface area (Å²) in [6.45, 7) is 17.6. The molecule has 3 nitrogen and oxygen atoms in total. The van der Waals surface area contributed by atoms with Crippen molar-refractivity contribution in [3.63, 3.8) is 0 Å². The van der Waals surface area contributed by atoms with Crippen LogP contribution in [0, 0.1) is 0 Å². The molecule has 0 unspecified atom stereocenters. The van der Waals surface area contributed by atoms with Gasteiger partial charge in [0, 0.05) is 26.3 Å². The quantitative estimate of drug-likeness (QED) is 0.491. The van der Waals surface area contributed by atoms with Crippen LogP contribution in [0.4, 0.5) is 0 Å². The predicted octanol–water partition coefficient (Wildman–Crippen LogP) is 2.47. The fourth-order valence-electron chi connectivity index (χ4n) is 1.96. The van der Waals surface area contributed by atoms with Crippen LogP contribution in [0.5, 0.6) is 0 Å². The summed E-state index contributed by atoms with van der Waals surface area (Å²) >= 11 is 0. The molecule has 0 heterocycles. The van der Waals surface area contributed by atoms with Crippen LogP contribution in [0.1, 0.15) is 40.5 Å². The molecule has 0 amide bonds. The van der Waals surface area contributed by atoms with E-state index in [9.17, 15) is 0 Å². The van der Waals surface area contributed by atoms with E-state index in [1.165, 1.54) is 13.1 Å². The Bertz CT molecular complexity index is 129. The van der Waals surface area contributed by atoms with E-state index in [0.717, 1.165) is 52.2 Å². The monoisotopic (exact) mass is 244 g/mol. The van der Waals surface area contributed by atoms with Crippen molar-refractivity contribution in [1.29, 1.82) is 0 Å². The van der Waals surface area contributed by atoms with Crippen LogP contribution in [0.25, 0.3) is 0 Å². The highest BCUT2D eigenvalue weighted by atomic mass is 16.5. The third-order valence-electron chi connectivity index (χ3n) is 3.31. The minimum atomic E-state index is 0.911. The third-order valence-corrected chi connectivity index (χ3v) is 3.31. The molecule has 104 valence electrons. The Morgan fingerprint density at radius 3 is 1.29 bits per heavy atom. The Kier molecular flexibility index (Phi) is 12.3. The fraction of sp³-hybridized carbons (Fsp3) is 1.00. The van der Waals surface area contributed by atoms with Gasteiger partial charge in [0.1, 0.15) is 0 Å².